The van der Waals surface area contributed by atoms with Gasteiger partial charge in [-0.2, -0.15) is 5.26 Å². The number of aryl methyl sites for hydroxylation is 2. The Balaban J connectivity index is 1.88. The van der Waals surface area contributed by atoms with Crippen LogP contribution in [0, 0.1) is 25.2 Å². The molecule has 2 aromatic rings. The standard InChI is InChI=1S/C17H15NO5/c1-11-9-15(19)23-12(2)16(11)17(20)22-8-7-21-14-5-3-13(10-18)4-6-14/h3-6,9H,7-8H2,1-2H3. The molecule has 0 unspecified atom stereocenters. The Kier molecular flexibility index (Phi) is 5.15. The van der Waals surface area contributed by atoms with E-state index in [4.69, 9.17) is 19.2 Å². The summed E-state index contributed by atoms with van der Waals surface area (Å²) in [6, 6.07) is 9.87. The van der Waals surface area contributed by atoms with Crippen LogP contribution in [0.2, 0.25) is 0 Å². The number of benzene rings is 1. The smallest absolute Gasteiger partial charge is 0.341 e. The number of ether oxygens (including phenoxy) is 2. The van der Waals surface area contributed by atoms with Gasteiger partial charge in [0.15, 0.2) is 0 Å². The summed E-state index contributed by atoms with van der Waals surface area (Å²) in [6.45, 7) is 3.41. The van der Waals surface area contributed by atoms with Crippen molar-refractivity contribution in [2.75, 3.05) is 13.2 Å². The van der Waals surface area contributed by atoms with Gasteiger partial charge in [0, 0.05) is 6.07 Å². The van der Waals surface area contributed by atoms with E-state index in [1.165, 1.54) is 13.0 Å². The molecule has 6 heteroatoms. The molecule has 0 radical (unpaired) electrons. The number of carbonyl (C=O) groups excluding carboxylic acids is 1. The number of hydrogen-bond acceptors (Lipinski definition) is 6. The molecule has 118 valence electrons. The molecule has 0 saturated heterocycles. The van der Waals surface area contributed by atoms with E-state index in [2.05, 4.69) is 0 Å². The fourth-order valence-corrected chi connectivity index (χ4v) is 2.05. The molecule has 0 spiro atoms. The predicted octanol–water partition coefficient (Wildman–Crippen LogP) is 2.36. The molecule has 1 aromatic heterocycles. The van der Waals surface area contributed by atoms with Crippen molar-refractivity contribution in [1.29, 1.82) is 5.26 Å². The van der Waals surface area contributed by atoms with Gasteiger partial charge in [-0.15, -0.1) is 0 Å². The molecule has 0 amide bonds. The third-order valence-electron chi connectivity index (χ3n) is 3.11. The van der Waals surface area contributed by atoms with Crippen LogP contribution >= 0.6 is 0 Å². The van der Waals surface area contributed by atoms with Crippen LogP contribution < -0.4 is 10.4 Å². The molecule has 1 heterocycles. The van der Waals surface area contributed by atoms with Gasteiger partial charge in [-0.3, -0.25) is 0 Å². The minimum atomic E-state index is -0.563. The van der Waals surface area contributed by atoms with Crippen molar-refractivity contribution in [2.24, 2.45) is 0 Å². The van der Waals surface area contributed by atoms with Crippen molar-refractivity contribution < 1.29 is 18.7 Å². The SMILES string of the molecule is Cc1cc(=O)oc(C)c1C(=O)OCCOc1ccc(C#N)cc1. The highest BCUT2D eigenvalue weighted by Crippen LogP contribution is 2.13. The van der Waals surface area contributed by atoms with Crippen molar-refractivity contribution in [3.8, 4) is 11.8 Å². The molecule has 0 saturated carbocycles. The second-order valence-corrected chi connectivity index (χ2v) is 4.80. The molecule has 2 rings (SSSR count). The van der Waals surface area contributed by atoms with Gasteiger partial charge in [-0.25, -0.2) is 9.59 Å². The summed E-state index contributed by atoms with van der Waals surface area (Å²) < 4.78 is 15.4. The number of hydrogen-bond donors (Lipinski definition) is 0. The summed E-state index contributed by atoms with van der Waals surface area (Å²) in [4.78, 5) is 23.2. The van der Waals surface area contributed by atoms with Crippen LogP contribution in [0.25, 0.3) is 0 Å². The van der Waals surface area contributed by atoms with Gasteiger partial charge >= 0.3 is 11.6 Å². The third-order valence-corrected chi connectivity index (χ3v) is 3.11. The number of nitriles is 1. The Labute approximate surface area is 132 Å². The summed E-state index contributed by atoms with van der Waals surface area (Å²) in [5.41, 5.74) is 0.806. The highest BCUT2D eigenvalue weighted by molar-refractivity contribution is 5.91. The largest absolute Gasteiger partial charge is 0.490 e. The summed E-state index contributed by atoms with van der Waals surface area (Å²) in [7, 11) is 0. The fourth-order valence-electron chi connectivity index (χ4n) is 2.05. The Bertz CT molecular complexity index is 773. The topological polar surface area (TPSA) is 89.5 Å². The predicted molar refractivity (Wildman–Crippen MR) is 81.4 cm³/mol. The Morgan fingerprint density at radius 1 is 1.22 bits per heavy atom. The van der Waals surface area contributed by atoms with Gasteiger partial charge in [0.25, 0.3) is 0 Å². The quantitative estimate of drug-likeness (QED) is 0.622. The second-order valence-electron chi connectivity index (χ2n) is 4.80. The minimum Gasteiger partial charge on any atom is -0.490 e. The van der Waals surface area contributed by atoms with E-state index < -0.39 is 11.6 Å². The van der Waals surface area contributed by atoms with E-state index in [-0.39, 0.29) is 24.5 Å². The first-order valence-corrected chi connectivity index (χ1v) is 6.92. The Morgan fingerprint density at radius 2 is 1.91 bits per heavy atom. The maximum Gasteiger partial charge on any atom is 0.341 e. The van der Waals surface area contributed by atoms with Crippen LogP contribution in [-0.2, 0) is 4.74 Å². The van der Waals surface area contributed by atoms with Crippen molar-refractivity contribution >= 4 is 5.97 Å². The normalized spacial score (nSPS) is 9.96. The van der Waals surface area contributed by atoms with Crippen LogP contribution in [0.4, 0.5) is 0 Å². The summed E-state index contributed by atoms with van der Waals surface area (Å²) >= 11 is 0. The molecule has 0 aliphatic rings. The van der Waals surface area contributed by atoms with Crippen LogP contribution in [0.1, 0.15) is 27.2 Å². The number of esters is 1. The zero-order valence-corrected chi connectivity index (χ0v) is 12.8. The highest BCUT2D eigenvalue weighted by atomic mass is 16.6. The maximum atomic E-state index is 12.0. The van der Waals surface area contributed by atoms with E-state index in [1.807, 2.05) is 6.07 Å². The van der Waals surface area contributed by atoms with Crippen molar-refractivity contribution in [1.82, 2.24) is 0 Å². The van der Waals surface area contributed by atoms with Gasteiger partial charge in [-0.05, 0) is 43.7 Å². The van der Waals surface area contributed by atoms with Gasteiger partial charge in [-0.1, -0.05) is 0 Å². The minimum absolute atomic E-state index is 0.0524. The molecule has 0 atom stereocenters. The molecule has 1 aromatic carbocycles. The monoisotopic (exact) mass is 313 g/mol. The second kappa shape index (κ2) is 7.27. The zero-order valence-electron chi connectivity index (χ0n) is 12.8. The molecule has 0 bridgehead atoms. The van der Waals surface area contributed by atoms with Gasteiger partial charge in [0.1, 0.15) is 30.3 Å². The van der Waals surface area contributed by atoms with Gasteiger partial charge < -0.3 is 13.9 Å². The first-order valence-electron chi connectivity index (χ1n) is 6.92. The summed E-state index contributed by atoms with van der Waals surface area (Å²) in [6.07, 6.45) is 0. The van der Waals surface area contributed by atoms with Gasteiger partial charge in [0.05, 0.1) is 11.6 Å². The molecule has 0 N–H and O–H groups in total. The number of carbonyl (C=O) groups is 1. The van der Waals surface area contributed by atoms with Crippen LogP contribution in [0.5, 0.6) is 5.75 Å². The molecule has 0 fully saturated rings. The molecule has 0 aliphatic heterocycles. The molecule has 6 nitrogen and oxygen atoms in total. The lowest BCUT2D eigenvalue weighted by atomic mass is 10.1. The summed E-state index contributed by atoms with van der Waals surface area (Å²) in [5, 5.41) is 8.70. The van der Waals surface area contributed by atoms with Crippen LogP contribution in [0.3, 0.4) is 0 Å². The van der Waals surface area contributed by atoms with E-state index in [9.17, 15) is 9.59 Å². The lowest BCUT2D eigenvalue weighted by Gasteiger charge is -2.09. The van der Waals surface area contributed by atoms with E-state index in [0.29, 0.717) is 16.9 Å². The van der Waals surface area contributed by atoms with E-state index in [0.717, 1.165) is 0 Å². The van der Waals surface area contributed by atoms with Crippen molar-refractivity contribution in [2.45, 2.75) is 13.8 Å². The fraction of sp³-hybridized carbons (Fsp3) is 0.235. The molecular formula is C17H15NO5. The third kappa shape index (κ3) is 4.20. The number of rotatable bonds is 5. The average Bonchev–Trinajstić information content (AvgIpc) is 2.51. The average molecular weight is 313 g/mol. The summed E-state index contributed by atoms with van der Waals surface area (Å²) in [5.74, 6) is 0.248. The van der Waals surface area contributed by atoms with Crippen LogP contribution in [0.15, 0.2) is 39.5 Å². The van der Waals surface area contributed by atoms with E-state index >= 15 is 0 Å². The Morgan fingerprint density at radius 3 is 2.52 bits per heavy atom. The number of nitrogens with zero attached hydrogens (tertiary/aromatic N) is 1. The first kappa shape index (κ1) is 16.3. The first-order chi connectivity index (χ1) is 11.0. The highest BCUT2D eigenvalue weighted by Gasteiger charge is 2.16. The molecule has 23 heavy (non-hydrogen) atoms. The van der Waals surface area contributed by atoms with Crippen molar-refractivity contribution in [3.05, 3.63) is 63.2 Å². The zero-order chi connectivity index (χ0) is 16.8. The lowest BCUT2D eigenvalue weighted by Crippen LogP contribution is -2.16. The van der Waals surface area contributed by atoms with Gasteiger partial charge in [0.2, 0.25) is 0 Å². The molecule has 0 aliphatic carbocycles. The van der Waals surface area contributed by atoms with Crippen molar-refractivity contribution in [3.63, 3.8) is 0 Å². The molecular weight excluding hydrogens is 298 g/mol. The lowest BCUT2D eigenvalue weighted by molar-refractivity contribution is 0.0445. The van der Waals surface area contributed by atoms with E-state index in [1.54, 1.807) is 31.2 Å². The van der Waals surface area contributed by atoms with Crippen LogP contribution in [-0.4, -0.2) is 19.2 Å². The Hall–Kier alpha value is -3.07. The maximum absolute atomic E-state index is 12.0.